The van der Waals surface area contributed by atoms with Crippen LogP contribution in [0.25, 0.3) is 11.3 Å². The van der Waals surface area contributed by atoms with Gasteiger partial charge in [0, 0.05) is 43.0 Å². The van der Waals surface area contributed by atoms with Gasteiger partial charge in [-0.2, -0.15) is 13.2 Å². The van der Waals surface area contributed by atoms with Gasteiger partial charge in [-0.1, -0.05) is 0 Å². The lowest BCUT2D eigenvalue weighted by Crippen LogP contribution is -2.49. The maximum Gasteiger partial charge on any atom is 0.416 e. The van der Waals surface area contributed by atoms with Crippen LogP contribution in [-0.4, -0.2) is 41.7 Å². The number of carbonyl (C=O) groups excluding carboxylic acids is 1. The SMILES string of the molecule is C[C@H]1CN(c2cc(C(F)(F)F)cc(-c3ccnc4c3[C@@H](C)OC(=O)N4)n2)CCN1. The van der Waals surface area contributed by atoms with Crippen LogP contribution in [-0.2, 0) is 10.9 Å². The summed E-state index contributed by atoms with van der Waals surface area (Å²) in [7, 11) is 0. The lowest BCUT2D eigenvalue weighted by Gasteiger charge is -2.33. The van der Waals surface area contributed by atoms with Gasteiger partial charge in [0.05, 0.1) is 11.3 Å². The first-order valence-corrected chi connectivity index (χ1v) is 9.27. The van der Waals surface area contributed by atoms with E-state index in [0.717, 1.165) is 12.1 Å². The second kappa shape index (κ2) is 7.18. The average molecular weight is 407 g/mol. The highest BCUT2D eigenvalue weighted by Gasteiger charge is 2.34. The Kier molecular flexibility index (Phi) is 4.81. The Morgan fingerprint density at radius 3 is 2.79 bits per heavy atom. The standard InChI is InChI=1S/C19H20F3N5O2/c1-10-9-27(6-5-23-10)15-8-12(19(20,21)22)7-14(25-15)13-3-4-24-17-16(13)11(2)29-18(28)26-17/h3-4,7-8,10-11,23H,5-6,9H2,1-2H3,(H,24,26,28)/t10-,11+/m0/s1. The molecule has 4 heterocycles. The van der Waals surface area contributed by atoms with E-state index in [2.05, 4.69) is 20.6 Å². The Bertz CT molecular complexity index is 950. The molecular formula is C19H20F3N5O2. The molecule has 10 heteroatoms. The van der Waals surface area contributed by atoms with Gasteiger partial charge in [0.15, 0.2) is 0 Å². The number of alkyl halides is 3. The van der Waals surface area contributed by atoms with Crippen molar-refractivity contribution < 1.29 is 22.7 Å². The predicted molar refractivity (Wildman–Crippen MR) is 101 cm³/mol. The number of anilines is 2. The minimum absolute atomic E-state index is 0.140. The van der Waals surface area contributed by atoms with Gasteiger partial charge in [0.1, 0.15) is 17.7 Å². The summed E-state index contributed by atoms with van der Waals surface area (Å²) in [6.45, 7) is 5.40. The van der Waals surface area contributed by atoms with E-state index in [4.69, 9.17) is 4.74 Å². The molecule has 29 heavy (non-hydrogen) atoms. The van der Waals surface area contributed by atoms with Crippen molar-refractivity contribution in [1.29, 1.82) is 0 Å². The number of nitrogens with zero attached hydrogens (tertiary/aromatic N) is 3. The molecule has 0 bridgehead atoms. The number of nitrogens with one attached hydrogen (secondary N) is 2. The third-order valence-corrected chi connectivity index (χ3v) is 5.01. The first-order valence-electron chi connectivity index (χ1n) is 9.27. The van der Waals surface area contributed by atoms with E-state index in [9.17, 15) is 18.0 Å². The minimum Gasteiger partial charge on any atom is -0.441 e. The number of fused-ring (bicyclic) bond motifs is 1. The average Bonchev–Trinajstić information content (AvgIpc) is 2.66. The lowest BCUT2D eigenvalue weighted by atomic mass is 9.99. The summed E-state index contributed by atoms with van der Waals surface area (Å²) < 4.78 is 46.0. The number of rotatable bonds is 2. The molecule has 0 radical (unpaired) electrons. The third-order valence-electron chi connectivity index (χ3n) is 5.01. The van der Waals surface area contributed by atoms with Gasteiger partial charge in [0.2, 0.25) is 0 Å². The number of halogens is 3. The number of aromatic nitrogens is 2. The predicted octanol–water partition coefficient (Wildman–Crippen LogP) is 3.58. The monoisotopic (exact) mass is 407 g/mol. The van der Waals surface area contributed by atoms with E-state index < -0.39 is 23.9 Å². The molecule has 1 amide bonds. The highest BCUT2D eigenvalue weighted by molar-refractivity contribution is 5.89. The molecule has 0 saturated carbocycles. The van der Waals surface area contributed by atoms with Gasteiger partial charge < -0.3 is 15.0 Å². The van der Waals surface area contributed by atoms with Crippen LogP contribution in [0, 0.1) is 0 Å². The van der Waals surface area contributed by atoms with Crippen LogP contribution in [0.3, 0.4) is 0 Å². The largest absolute Gasteiger partial charge is 0.441 e. The summed E-state index contributed by atoms with van der Waals surface area (Å²) >= 11 is 0. The zero-order chi connectivity index (χ0) is 20.8. The molecule has 0 aromatic carbocycles. The number of pyridine rings is 2. The van der Waals surface area contributed by atoms with E-state index in [1.54, 1.807) is 13.0 Å². The normalized spacial score (nSPS) is 22.0. The highest BCUT2D eigenvalue weighted by atomic mass is 19.4. The molecule has 2 aliphatic heterocycles. The van der Waals surface area contributed by atoms with Crippen LogP contribution in [0.2, 0.25) is 0 Å². The van der Waals surface area contributed by atoms with Crippen molar-refractivity contribution in [3.63, 3.8) is 0 Å². The smallest absolute Gasteiger partial charge is 0.416 e. The number of hydrogen-bond donors (Lipinski definition) is 2. The summed E-state index contributed by atoms with van der Waals surface area (Å²) in [6.07, 6.45) is -4.40. The summed E-state index contributed by atoms with van der Waals surface area (Å²) in [5, 5.41) is 5.76. The van der Waals surface area contributed by atoms with Crippen LogP contribution in [0.5, 0.6) is 0 Å². The molecule has 0 aliphatic carbocycles. The highest BCUT2D eigenvalue weighted by Crippen LogP contribution is 2.39. The number of amides is 1. The molecule has 2 aromatic heterocycles. The molecular weight excluding hydrogens is 387 g/mol. The molecule has 4 rings (SSSR count). The summed E-state index contributed by atoms with van der Waals surface area (Å²) in [6, 6.07) is 3.83. The maximum absolute atomic E-state index is 13.6. The van der Waals surface area contributed by atoms with Crippen molar-refractivity contribution in [2.45, 2.75) is 32.2 Å². The van der Waals surface area contributed by atoms with Crippen molar-refractivity contribution in [3.8, 4) is 11.3 Å². The molecule has 0 unspecified atom stereocenters. The van der Waals surface area contributed by atoms with Gasteiger partial charge in [-0.3, -0.25) is 5.32 Å². The Hall–Kier alpha value is -2.88. The van der Waals surface area contributed by atoms with E-state index in [-0.39, 0.29) is 23.4 Å². The van der Waals surface area contributed by atoms with E-state index in [1.165, 1.54) is 6.20 Å². The fourth-order valence-electron chi connectivity index (χ4n) is 3.67. The molecule has 2 aromatic rings. The summed E-state index contributed by atoms with van der Waals surface area (Å²) in [5.41, 5.74) is 0.325. The van der Waals surface area contributed by atoms with Crippen LogP contribution < -0.4 is 15.5 Å². The van der Waals surface area contributed by atoms with Gasteiger partial charge >= 0.3 is 12.3 Å². The molecule has 7 nitrogen and oxygen atoms in total. The van der Waals surface area contributed by atoms with Gasteiger partial charge in [-0.05, 0) is 32.0 Å². The van der Waals surface area contributed by atoms with E-state index in [1.807, 2.05) is 11.8 Å². The first-order chi connectivity index (χ1) is 13.7. The fraction of sp³-hybridized carbons (Fsp3) is 0.421. The van der Waals surface area contributed by atoms with Crippen molar-refractivity contribution in [2.75, 3.05) is 29.9 Å². The Labute approximate surface area is 165 Å². The van der Waals surface area contributed by atoms with Crippen LogP contribution in [0.15, 0.2) is 24.4 Å². The lowest BCUT2D eigenvalue weighted by molar-refractivity contribution is -0.137. The molecule has 2 aliphatic rings. The number of piperazine rings is 1. The van der Waals surface area contributed by atoms with Crippen molar-refractivity contribution in [1.82, 2.24) is 15.3 Å². The number of ether oxygens (including phenoxy) is 1. The minimum atomic E-state index is -4.52. The zero-order valence-corrected chi connectivity index (χ0v) is 15.9. The summed E-state index contributed by atoms with van der Waals surface area (Å²) in [4.78, 5) is 22.1. The van der Waals surface area contributed by atoms with E-state index in [0.29, 0.717) is 30.8 Å². The quantitative estimate of drug-likeness (QED) is 0.792. The Balaban J connectivity index is 1.85. The topological polar surface area (TPSA) is 79.4 Å². The van der Waals surface area contributed by atoms with Crippen LogP contribution in [0.1, 0.15) is 31.1 Å². The fourth-order valence-corrected chi connectivity index (χ4v) is 3.67. The number of carbonyl (C=O) groups is 1. The first kappa shape index (κ1) is 19.4. The van der Waals surface area contributed by atoms with Crippen molar-refractivity contribution in [3.05, 3.63) is 35.5 Å². The summed E-state index contributed by atoms with van der Waals surface area (Å²) in [5.74, 6) is 0.532. The molecule has 154 valence electrons. The second-order valence-electron chi connectivity index (χ2n) is 7.19. The van der Waals surface area contributed by atoms with Gasteiger partial charge in [-0.25, -0.2) is 14.8 Å². The Morgan fingerprint density at radius 2 is 2.07 bits per heavy atom. The second-order valence-corrected chi connectivity index (χ2v) is 7.19. The van der Waals surface area contributed by atoms with Crippen LogP contribution >= 0.6 is 0 Å². The molecule has 1 fully saturated rings. The molecule has 0 spiro atoms. The molecule has 1 saturated heterocycles. The number of cyclic esters (lactones) is 1. The third kappa shape index (κ3) is 3.84. The molecule has 2 N–H and O–H groups in total. The van der Waals surface area contributed by atoms with Gasteiger partial charge in [-0.15, -0.1) is 0 Å². The van der Waals surface area contributed by atoms with Crippen molar-refractivity contribution in [2.24, 2.45) is 0 Å². The Morgan fingerprint density at radius 1 is 1.28 bits per heavy atom. The zero-order valence-electron chi connectivity index (χ0n) is 15.9. The van der Waals surface area contributed by atoms with Crippen molar-refractivity contribution >= 4 is 17.7 Å². The number of hydrogen-bond acceptors (Lipinski definition) is 6. The van der Waals surface area contributed by atoms with Gasteiger partial charge in [0.25, 0.3) is 0 Å². The van der Waals surface area contributed by atoms with Crippen LogP contribution in [0.4, 0.5) is 29.6 Å². The maximum atomic E-state index is 13.6. The molecule has 2 atom stereocenters. The van der Waals surface area contributed by atoms with E-state index >= 15 is 0 Å².